The van der Waals surface area contributed by atoms with E-state index in [1.807, 2.05) is 23.1 Å². The molecule has 1 aromatic heterocycles. The first kappa shape index (κ1) is 14.8. The van der Waals surface area contributed by atoms with Crippen LogP contribution in [-0.2, 0) is 4.79 Å². The fourth-order valence-corrected chi connectivity index (χ4v) is 2.37. The van der Waals surface area contributed by atoms with Gasteiger partial charge in [0.1, 0.15) is 5.82 Å². The largest absolute Gasteiger partial charge is 0.353 e. The van der Waals surface area contributed by atoms with Crippen LogP contribution in [0.1, 0.15) is 19.8 Å². The van der Waals surface area contributed by atoms with Gasteiger partial charge in [-0.3, -0.25) is 4.79 Å². The summed E-state index contributed by atoms with van der Waals surface area (Å²) >= 11 is 0. The number of hydrogen-bond acceptors (Lipinski definition) is 4. The lowest BCUT2D eigenvalue weighted by Crippen LogP contribution is -2.49. The van der Waals surface area contributed by atoms with Gasteiger partial charge in [0.25, 0.3) is 0 Å². The van der Waals surface area contributed by atoms with Crippen molar-refractivity contribution in [3.63, 3.8) is 0 Å². The molecule has 0 spiro atoms. The molecule has 0 saturated carbocycles. The van der Waals surface area contributed by atoms with Gasteiger partial charge in [-0.05, 0) is 31.0 Å². The van der Waals surface area contributed by atoms with Crippen molar-refractivity contribution in [3.05, 3.63) is 24.4 Å². The summed E-state index contributed by atoms with van der Waals surface area (Å²) < 4.78 is 0. The number of carbonyl (C=O) groups is 1. The molecule has 0 bridgehead atoms. The second kappa shape index (κ2) is 7.24. The topological polar surface area (TPSA) is 62.5 Å². The summed E-state index contributed by atoms with van der Waals surface area (Å²) in [7, 11) is 0. The predicted molar refractivity (Wildman–Crippen MR) is 80.5 cm³/mol. The van der Waals surface area contributed by atoms with Crippen molar-refractivity contribution in [3.8, 4) is 0 Å². The van der Waals surface area contributed by atoms with Crippen molar-refractivity contribution in [2.24, 2.45) is 11.7 Å². The van der Waals surface area contributed by atoms with Crippen molar-refractivity contribution in [2.75, 3.05) is 37.6 Å². The monoisotopic (exact) mass is 276 g/mol. The van der Waals surface area contributed by atoms with Crippen molar-refractivity contribution < 1.29 is 4.79 Å². The highest BCUT2D eigenvalue weighted by molar-refractivity contribution is 5.76. The lowest BCUT2D eigenvalue weighted by Gasteiger charge is -2.35. The molecule has 5 heteroatoms. The van der Waals surface area contributed by atoms with E-state index in [0.29, 0.717) is 18.9 Å². The maximum absolute atomic E-state index is 12.1. The molecule has 1 atom stereocenters. The number of nitrogens with zero attached hydrogens (tertiary/aromatic N) is 3. The van der Waals surface area contributed by atoms with Crippen LogP contribution in [0.2, 0.25) is 0 Å². The van der Waals surface area contributed by atoms with Gasteiger partial charge in [0.05, 0.1) is 0 Å². The first-order valence-corrected chi connectivity index (χ1v) is 7.34. The Morgan fingerprint density at radius 2 is 2.10 bits per heavy atom. The number of amides is 1. The van der Waals surface area contributed by atoms with Gasteiger partial charge >= 0.3 is 0 Å². The highest BCUT2D eigenvalue weighted by Crippen LogP contribution is 2.14. The van der Waals surface area contributed by atoms with Crippen LogP contribution in [-0.4, -0.2) is 48.5 Å². The average molecular weight is 276 g/mol. The summed E-state index contributed by atoms with van der Waals surface area (Å²) in [5.41, 5.74) is 5.58. The van der Waals surface area contributed by atoms with Crippen molar-refractivity contribution >= 4 is 11.7 Å². The maximum atomic E-state index is 12.1. The third-order valence-corrected chi connectivity index (χ3v) is 3.86. The number of piperazine rings is 1. The molecule has 1 saturated heterocycles. The van der Waals surface area contributed by atoms with Crippen molar-refractivity contribution in [1.29, 1.82) is 0 Å². The number of aromatic nitrogens is 1. The Kier molecular flexibility index (Phi) is 5.35. The number of hydrogen-bond donors (Lipinski definition) is 1. The fraction of sp³-hybridized carbons (Fsp3) is 0.600. The first-order chi connectivity index (χ1) is 9.70. The zero-order valence-electron chi connectivity index (χ0n) is 12.2. The van der Waals surface area contributed by atoms with E-state index in [0.717, 1.165) is 38.4 Å². The van der Waals surface area contributed by atoms with E-state index in [1.165, 1.54) is 0 Å². The SMILES string of the molecule is CC(CN)CCC(=O)N1CCN(c2ccccn2)CC1. The van der Waals surface area contributed by atoms with E-state index in [2.05, 4.69) is 16.8 Å². The molecule has 2 heterocycles. The Bertz CT molecular complexity index is 415. The molecule has 2 N–H and O–H groups in total. The van der Waals surface area contributed by atoms with Crippen molar-refractivity contribution in [1.82, 2.24) is 9.88 Å². The van der Waals surface area contributed by atoms with E-state index in [-0.39, 0.29) is 5.91 Å². The fourth-order valence-electron chi connectivity index (χ4n) is 2.37. The molecule has 0 radical (unpaired) electrons. The molecule has 2 rings (SSSR count). The van der Waals surface area contributed by atoms with Gasteiger partial charge in [0.2, 0.25) is 5.91 Å². The molecule has 1 amide bonds. The third-order valence-electron chi connectivity index (χ3n) is 3.86. The highest BCUT2D eigenvalue weighted by atomic mass is 16.2. The zero-order valence-corrected chi connectivity index (χ0v) is 12.2. The Morgan fingerprint density at radius 1 is 1.35 bits per heavy atom. The second-order valence-corrected chi connectivity index (χ2v) is 5.44. The lowest BCUT2D eigenvalue weighted by molar-refractivity contribution is -0.131. The van der Waals surface area contributed by atoms with Gasteiger partial charge in [-0.2, -0.15) is 0 Å². The first-order valence-electron chi connectivity index (χ1n) is 7.34. The van der Waals surface area contributed by atoms with E-state index in [4.69, 9.17) is 5.73 Å². The molecular formula is C15H24N4O. The quantitative estimate of drug-likeness (QED) is 0.875. The molecule has 110 valence electrons. The standard InChI is InChI=1S/C15H24N4O/c1-13(12-16)5-6-15(20)19-10-8-18(9-11-19)14-4-2-3-7-17-14/h2-4,7,13H,5-6,8-12,16H2,1H3. The minimum Gasteiger partial charge on any atom is -0.353 e. The molecule has 5 nitrogen and oxygen atoms in total. The van der Waals surface area contributed by atoms with Crippen LogP contribution in [0.3, 0.4) is 0 Å². The van der Waals surface area contributed by atoms with Gasteiger partial charge in [-0.25, -0.2) is 4.98 Å². The van der Waals surface area contributed by atoms with Crippen LogP contribution in [0, 0.1) is 5.92 Å². The highest BCUT2D eigenvalue weighted by Gasteiger charge is 2.21. The van der Waals surface area contributed by atoms with E-state index >= 15 is 0 Å². The van der Waals surface area contributed by atoms with E-state index in [9.17, 15) is 4.79 Å². The molecule has 1 unspecified atom stereocenters. The second-order valence-electron chi connectivity index (χ2n) is 5.44. The Morgan fingerprint density at radius 3 is 2.70 bits per heavy atom. The lowest BCUT2D eigenvalue weighted by atomic mass is 10.1. The smallest absolute Gasteiger partial charge is 0.222 e. The number of carbonyl (C=O) groups excluding carboxylic acids is 1. The third kappa shape index (κ3) is 3.93. The van der Waals surface area contributed by atoms with Gasteiger partial charge in [-0.1, -0.05) is 13.0 Å². The molecule has 0 aromatic carbocycles. The predicted octanol–water partition coefficient (Wildman–Crippen LogP) is 1.11. The van der Waals surface area contributed by atoms with E-state index < -0.39 is 0 Å². The zero-order chi connectivity index (χ0) is 14.4. The average Bonchev–Trinajstić information content (AvgIpc) is 2.53. The summed E-state index contributed by atoms with van der Waals surface area (Å²) in [5, 5.41) is 0. The summed E-state index contributed by atoms with van der Waals surface area (Å²) in [6.45, 7) is 6.02. The van der Waals surface area contributed by atoms with Crippen LogP contribution >= 0.6 is 0 Å². The summed E-state index contributed by atoms with van der Waals surface area (Å²) in [6, 6.07) is 5.93. The molecule has 20 heavy (non-hydrogen) atoms. The summed E-state index contributed by atoms with van der Waals surface area (Å²) in [4.78, 5) is 20.7. The maximum Gasteiger partial charge on any atom is 0.222 e. The summed E-state index contributed by atoms with van der Waals surface area (Å²) in [6.07, 6.45) is 3.30. The Labute approximate surface area is 120 Å². The summed E-state index contributed by atoms with van der Waals surface area (Å²) in [5.74, 6) is 1.68. The minimum atomic E-state index is 0.256. The molecular weight excluding hydrogens is 252 g/mol. The Hall–Kier alpha value is -1.62. The van der Waals surface area contributed by atoms with Crippen LogP contribution in [0.25, 0.3) is 0 Å². The van der Waals surface area contributed by atoms with Crippen LogP contribution < -0.4 is 10.6 Å². The van der Waals surface area contributed by atoms with Crippen molar-refractivity contribution in [2.45, 2.75) is 19.8 Å². The van der Waals surface area contributed by atoms with Gasteiger partial charge in [-0.15, -0.1) is 0 Å². The Balaban J connectivity index is 1.78. The normalized spacial score (nSPS) is 17.1. The molecule has 0 aliphatic carbocycles. The van der Waals surface area contributed by atoms with E-state index in [1.54, 1.807) is 6.20 Å². The molecule has 1 aliphatic rings. The number of pyridine rings is 1. The van der Waals surface area contributed by atoms with Crippen LogP contribution in [0.15, 0.2) is 24.4 Å². The number of anilines is 1. The molecule has 1 aromatic rings. The van der Waals surface area contributed by atoms with Crippen LogP contribution in [0.4, 0.5) is 5.82 Å². The van der Waals surface area contributed by atoms with Crippen LogP contribution in [0.5, 0.6) is 0 Å². The number of nitrogens with two attached hydrogens (primary N) is 1. The molecule has 1 fully saturated rings. The van der Waals surface area contributed by atoms with Gasteiger partial charge < -0.3 is 15.5 Å². The molecule has 1 aliphatic heterocycles. The number of rotatable bonds is 5. The van der Waals surface area contributed by atoms with Gasteiger partial charge in [0.15, 0.2) is 0 Å². The van der Waals surface area contributed by atoms with Gasteiger partial charge in [0, 0.05) is 38.8 Å². The minimum absolute atomic E-state index is 0.256.